The van der Waals surface area contributed by atoms with Crippen LogP contribution in [-0.2, 0) is 11.4 Å². The number of benzene rings is 2. The summed E-state index contributed by atoms with van der Waals surface area (Å²) in [5, 5.41) is 6.04. The number of likely N-dealkylation sites (N-methyl/N-ethyl adjacent to an activating group) is 1. The molecule has 6 nitrogen and oxygen atoms in total. The molecule has 1 fully saturated rings. The molecule has 1 amide bonds. The molecule has 1 aliphatic heterocycles. The fraction of sp³-hybridized carbons (Fsp3) is 0.333. The number of ether oxygens (including phenoxy) is 1. The van der Waals surface area contributed by atoms with Crippen LogP contribution in [0.5, 0.6) is 5.75 Å². The first-order chi connectivity index (χ1) is 16.5. The molecular weight excluding hydrogens is 444 g/mol. The van der Waals surface area contributed by atoms with Crippen molar-refractivity contribution in [3.8, 4) is 5.75 Å². The predicted molar refractivity (Wildman–Crippen MR) is 141 cm³/mol. The monoisotopic (exact) mass is 476 g/mol. The topological polar surface area (TPSA) is 57.7 Å². The van der Waals surface area contributed by atoms with Gasteiger partial charge in [-0.05, 0) is 67.9 Å². The van der Waals surface area contributed by atoms with Crippen molar-refractivity contribution in [2.24, 2.45) is 0 Å². The van der Waals surface area contributed by atoms with E-state index in [4.69, 9.17) is 4.74 Å². The van der Waals surface area contributed by atoms with E-state index in [1.54, 1.807) is 23.5 Å². The maximum absolute atomic E-state index is 12.5. The van der Waals surface area contributed by atoms with E-state index in [0.717, 1.165) is 66.0 Å². The van der Waals surface area contributed by atoms with Gasteiger partial charge in [0.2, 0.25) is 5.91 Å². The molecule has 1 saturated heterocycles. The highest BCUT2D eigenvalue weighted by Crippen LogP contribution is 2.24. The van der Waals surface area contributed by atoms with Crippen molar-refractivity contribution in [3.05, 3.63) is 75.7 Å². The third-order valence-corrected chi connectivity index (χ3v) is 6.84. The van der Waals surface area contributed by atoms with Crippen molar-refractivity contribution in [1.29, 1.82) is 0 Å². The number of aryl methyl sites for hydroxylation is 2. The smallest absolute Gasteiger partial charge is 0.248 e. The summed E-state index contributed by atoms with van der Waals surface area (Å²) in [6.07, 6.45) is 3.37. The van der Waals surface area contributed by atoms with Gasteiger partial charge in [0.05, 0.1) is 10.7 Å². The number of carbonyl (C=O) groups excluding carboxylic acids is 1. The zero-order valence-corrected chi connectivity index (χ0v) is 20.9. The van der Waals surface area contributed by atoms with Gasteiger partial charge >= 0.3 is 0 Å². The normalized spacial score (nSPS) is 14.5. The van der Waals surface area contributed by atoms with Gasteiger partial charge in [0.25, 0.3) is 0 Å². The summed E-state index contributed by atoms with van der Waals surface area (Å²) in [4.78, 5) is 21.8. The fourth-order valence-electron chi connectivity index (χ4n) is 3.96. The highest BCUT2D eigenvalue weighted by Gasteiger charge is 2.16. The molecule has 1 aromatic heterocycles. The van der Waals surface area contributed by atoms with E-state index in [0.29, 0.717) is 6.61 Å². The Hall–Kier alpha value is -3.16. The number of hydrogen-bond acceptors (Lipinski definition) is 6. The lowest BCUT2D eigenvalue weighted by Crippen LogP contribution is -2.46. The minimum atomic E-state index is -0.147. The molecule has 0 aliphatic carbocycles. The predicted octanol–water partition coefficient (Wildman–Crippen LogP) is 5.13. The van der Waals surface area contributed by atoms with Crippen molar-refractivity contribution in [2.45, 2.75) is 27.4 Å². The highest BCUT2D eigenvalue weighted by atomic mass is 32.1. The van der Waals surface area contributed by atoms with E-state index >= 15 is 0 Å². The number of nitrogens with zero attached hydrogens (tertiary/aromatic N) is 3. The lowest BCUT2D eigenvalue weighted by molar-refractivity contribution is -0.111. The average Bonchev–Trinajstić information content (AvgIpc) is 3.28. The number of thiazole rings is 1. The summed E-state index contributed by atoms with van der Waals surface area (Å²) in [5.41, 5.74) is 4.99. The van der Waals surface area contributed by atoms with E-state index < -0.39 is 0 Å². The quantitative estimate of drug-likeness (QED) is 0.457. The second-order valence-corrected chi connectivity index (χ2v) is 9.52. The second-order valence-electron chi connectivity index (χ2n) is 8.46. The molecule has 4 rings (SSSR count). The van der Waals surface area contributed by atoms with E-state index in [9.17, 15) is 4.79 Å². The van der Waals surface area contributed by atoms with Gasteiger partial charge < -0.3 is 19.9 Å². The van der Waals surface area contributed by atoms with Crippen LogP contribution in [0.25, 0.3) is 6.08 Å². The van der Waals surface area contributed by atoms with Gasteiger partial charge in [0, 0.05) is 49.0 Å². The first-order valence-corrected chi connectivity index (χ1v) is 12.6. The Bertz CT molecular complexity index is 1130. The molecule has 178 valence electrons. The van der Waals surface area contributed by atoms with Gasteiger partial charge in [0.1, 0.15) is 12.4 Å². The third-order valence-electron chi connectivity index (χ3n) is 6.01. The fourth-order valence-corrected chi connectivity index (χ4v) is 4.56. The SMILES string of the molecule is CCN1CCN(c2ccc(NC(=O)/C=C/c3ccc(OCc4csc(C)n4)cc3)c(C)c2)CC1. The number of anilines is 2. The van der Waals surface area contributed by atoms with E-state index in [2.05, 4.69) is 39.2 Å². The van der Waals surface area contributed by atoms with Crippen LogP contribution in [0.15, 0.2) is 53.9 Å². The molecular formula is C27H32N4O2S. The molecule has 0 unspecified atom stereocenters. The van der Waals surface area contributed by atoms with Crippen molar-refractivity contribution in [2.75, 3.05) is 42.9 Å². The minimum Gasteiger partial charge on any atom is -0.487 e. The van der Waals surface area contributed by atoms with Crippen LogP contribution in [0.4, 0.5) is 11.4 Å². The molecule has 3 aromatic rings. The summed E-state index contributed by atoms with van der Waals surface area (Å²) in [6.45, 7) is 12.1. The largest absolute Gasteiger partial charge is 0.487 e. The van der Waals surface area contributed by atoms with Crippen molar-refractivity contribution in [1.82, 2.24) is 9.88 Å². The van der Waals surface area contributed by atoms with Crippen molar-refractivity contribution >= 4 is 34.7 Å². The minimum absolute atomic E-state index is 0.147. The van der Waals surface area contributed by atoms with Crippen LogP contribution in [0, 0.1) is 13.8 Å². The molecule has 0 radical (unpaired) electrons. The Labute approximate surface area is 205 Å². The van der Waals surface area contributed by atoms with Gasteiger partial charge in [-0.15, -0.1) is 11.3 Å². The first-order valence-electron chi connectivity index (χ1n) is 11.7. The summed E-state index contributed by atoms with van der Waals surface area (Å²) >= 11 is 1.62. The number of rotatable bonds is 8. The zero-order chi connectivity index (χ0) is 23.9. The van der Waals surface area contributed by atoms with E-state index in [-0.39, 0.29) is 5.91 Å². The third kappa shape index (κ3) is 6.46. The van der Waals surface area contributed by atoms with Crippen LogP contribution in [-0.4, -0.2) is 48.5 Å². The van der Waals surface area contributed by atoms with Crippen LogP contribution in [0.3, 0.4) is 0 Å². The Balaban J connectivity index is 1.28. The second kappa shape index (κ2) is 11.3. The number of nitrogens with one attached hydrogen (secondary N) is 1. The molecule has 1 aliphatic rings. The zero-order valence-electron chi connectivity index (χ0n) is 20.1. The number of amides is 1. The summed E-state index contributed by atoms with van der Waals surface area (Å²) in [5.74, 6) is 0.630. The molecule has 0 saturated carbocycles. The van der Waals surface area contributed by atoms with Gasteiger partial charge in [-0.1, -0.05) is 19.1 Å². The summed E-state index contributed by atoms with van der Waals surface area (Å²) in [6, 6.07) is 13.9. The molecule has 7 heteroatoms. The Kier molecular flexibility index (Phi) is 7.98. The maximum atomic E-state index is 12.5. The molecule has 0 spiro atoms. The maximum Gasteiger partial charge on any atom is 0.248 e. The van der Waals surface area contributed by atoms with E-state index in [1.165, 1.54) is 5.69 Å². The lowest BCUT2D eigenvalue weighted by Gasteiger charge is -2.35. The molecule has 0 bridgehead atoms. The average molecular weight is 477 g/mol. The lowest BCUT2D eigenvalue weighted by atomic mass is 10.1. The highest BCUT2D eigenvalue weighted by molar-refractivity contribution is 7.09. The Morgan fingerprint density at radius 3 is 2.53 bits per heavy atom. The Morgan fingerprint density at radius 2 is 1.88 bits per heavy atom. The molecule has 1 N–H and O–H groups in total. The van der Waals surface area contributed by atoms with Gasteiger partial charge in [-0.2, -0.15) is 0 Å². The number of carbonyl (C=O) groups is 1. The van der Waals surface area contributed by atoms with Crippen LogP contribution >= 0.6 is 11.3 Å². The number of hydrogen-bond donors (Lipinski definition) is 1. The van der Waals surface area contributed by atoms with Crippen LogP contribution < -0.4 is 15.0 Å². The van der Waals surface area contributed by atoms with Gasteiger partial charge in [0.15, 0.2) is 0 Å². The molecule has 34 heavy (non-hydrogen) atoms. The first kappa shape index (κ1) is 24.0. The van der Waals surface area contributed by atoms with Crippen molar-refractivity contribution in [3.63, 3.8) is 0 Å². The summed E-state index contributed by atoms with van der Waals surface area (Å²) in [7, 11) is 0. The number of aromatic nitrogens is 1. The van der Waals surface area contributed by atoms with Gasteiger partial charge in [-0.25, -0.2) is 4.98 Å². The Morgan fingerprint density at radius 1 is 1.12 bits per heavy atom. The number of piperazine rings is 1. The molecule has 0 atom stereocenters. The van der Waals surface area contributed by atoms with Crippen LogP contribution in [0.1, 0.15) is 28.8 Å². The van der Waals surface area contributed by atoms with Crippen molar-refractivity contribution < 1.29 is 9.53 Å². The van der Waals surface area contributed by atoms with Crippen LogP contribution in [0.2, 0.25) is 0 Å². The molecule has 2 heterocycles. The standard InChI is InChI=1S/C27H32N4O2S/c1-4-30-13-15-31(16-14-30)24-8-11-26(20(2)17-24)29-27(32)12-7-22-5-9-25(10-6-22)33-18-23-19-34-21(3)28-23/h5-12,17,19H,4,13-16,18H2,1-3H3,(H,29,32)/b12-7+. The molecule has 2 aromatic carbocycles. The van der Waals surface area contributed by atoms with Gasteiger partial charge in [-0.3, -0.25) is 4.79 Å². The van der Waals surface area contributed by atoms with E-state index in [1.807, 2.05) is 49.6 Å². The summed E-state index contributed by atoms with van der Waals surface area (Å²) < 4.78 is 5.78.